The smallest absolute Gasteiger partial charge is 0.326 e. The number of nitrogens with two attached hydrogens (primary N) is 2. The van der Waals surface area contributed by atoms with Gasteiger partial charge < -0.3 is 21.3 Å². The van der Waals surface area contributed by atoms with Gasteiger partial charge in [0.25, 0.3) is 0 Å². The number of carbonyl (C=O) groups excluding carboxylic acids is 1. The van der Waals surface area contributed by atoms with Crippen LogP contribution in [0.4, 0.5) is 0 Å². The highest BCUT2D eigenvalue weighted by atomic mass is 31.2. The highest BCUT2D eigenvalue weighted by molar-refractivity contribution is 7.51. The molecule has 16 heavy (non-hydrogen) atoms. The molecule has 0 saturated heterocycles. The summed E-state index contributed by atoms with van der Waals surface area (Å²) in [5.41, 5.74) is 9.79. The first-order valence-electron chi connectivity index (χ1n) is 5.27. The number of carbonyl (C=O) groups is 1. The van der Waals surface area contributed by atoms with Gasteiger partial charge in [-0.15, -0.1) is 0 Å². The fraction of sp³-hybridized carbons (Fsp3) is 0.889. The molecule has 0 fully saturated rings. The second kappa shape index (κ2) is 5.89. The number of hydrogen-bond acceptors (Lipinski definition) is 4. The van der Waals surface area contributed by atoms with Crippen molar-refractivity contribution in [1.29, 1.82) is 0 Å². The Labute approximate surface area is 95.6 Å². The van der Waals surface area contributed by atoms with Crippen LogP contribution in [-0.4, -0.2) is 34.3 Å². The SMILES string of the molecule is CCC(CC)(CP(=O)(O)O)C(=O)C(N)CN. The van der Waals surface area contributed by atoms with E-state index in [1.807, 2.05) is 0 Å². The zero-order chi connectivity index (χ0) is 13.0. The Bertz CT molecular complexity index is 285. The lowest BCUT2D eigenvalue weighted by Gasteiger charge is -2.32. The Morgan fingerprint density at radius 3 is 2.06 bits per heavy atom. The van der Waals surface area contributed by atoms with Gasteiger partial charge in [0.1, 0.15) is 0 Å². The van der Waals surface area contributed by atoms with Crippen molar-refractivity contribution >= 4 is 13.4 Å². The summed E-state index contributed by atoms with van der Waals surface area (Å²) in [6.45, 7) is 3.43. The van der Waals surface area contributed by atoms with Crippen molar-refractivity contribution in [1.82, 2.24) is 0 Å². The van der Waals surface area contributed by atoms with Gasteiger partial charge in [-0.1, -0.05) is 13.8 Å². The first kappa shape index (κ1) is 15.7. The van der Waals surface area contributed by atoms with E-state index >= 15 is 0 Å². The molecule has 1 unspecified atom stereocenters. The summed E-state index contributed by atoms with van der Waals surface area (Å²) in [7, 11) is -4.24. The first-order chi connectivity index (χ1) is 7.22. The van der Waals surface area contributed by atoms with Crippen LogP contribution in [0.5, 0.6) is 0 Å². The lowest BCUT2D eigenvalue weighted by atomic mass is 9.77. The standard InChI is InChI=1S/C9H21N2O4P/c1-3-9(4-2,6-16(13,14)15)8(12)7(11)5-10/h7H,3-6,10-11H2,1-2H3,(H2,13,14,15). The molecule has 0 spiro atoms. The molecule has 7 heteroatoms. The van der Waals surface area contributed by atoms with Gasteiger partial charge in [0.15, 0.2) is 5.78 Å². The third-order valence-electron chi connectivity index (χ3n) is 2.98. The molecule has 0 rings (SSSR count). The van der Waals surface area contributed by atoms with Gasteiger partial charge in [-0.2, -0.15) is 0 Å². The van der Waals surface area contributed by atoms with Crippen molar-refractivity contribution in [3.63, 3.8) is 0 Å². The molecule has 6 nitrogen and oxygen atoms in total. The third-order valence-corrected chi connectivity index (χ3v) is 3.99. The molecule has 6 N–H and O–H groups in total. The number of rotatable bonds is 7. The summed E-state index contributed by atoms with van der Waals surface area (Å²) >= 11 is 0. The number of Topliss-reactive ketones (excluding diaryl/α,β-unsaturated/α-hetero) is 1. The lowest BCUT2D eigenvalue weighted by molar-refractivity contribution is -0.129. The average molecular weight is 252 g/mol. The predicted molar refractivity (Wildman–Crippen MR) is 62.0 cm³/mol. The Morgan fingerprint density at radius 1 is 1.38 bits per heavy atom. The van der Waals surface area contributed by atoms with E-state index in [0.29, 0.717) is 12.8 Å². The lowest BCUT2D eigenvalue weighted by Crippen LogP contribution is -2.48. The summed E-state index contributed by atoms with van der Waals surface area (Å²) < 4.78 is 11.1. The van der Waals surface area contributed by atoms with Crippen LogP contribution in [-0.2, 0) is 9.36 Å². The average Bonchev–Trinajstić information content (AvgIpc) is 2.22. The van der Waals surface area contributed by atoms with Gasteiger partial charge >= 0.3 is 7.60 Å². The molecule has 1 atom stereocenters. The summed E-state index contributed by atoms with van der Waals surface area (Å²) in [6.07, 6.45) is 0.238. The van der Waals surface area contributed by atoms with Crippen LogP contribution in [0.2, 0.25) is 0 Å². The Hall–Kier alpha value is -0.260. The van der Waals surface area contributed by atoms with Crippen molar-refractivity contribution in [3.8, 4) is 0 Å². The van der Waals surface area contributed by atoms with Crippen LogP contribution >= 0.6 is 7.60 Å². The van der Waals surface area contributed by atoms with Gasteiger partial charge in [-0.25, -0.2) is 0 Å². The van der Waals surface area contributed by atoms with Gasteiger partial charge in [0.2, 0.25) is 0 Å². The summed E-state index contributed by atoms with van der Waals surface area (Å²) in [5.74, 6) is -0.358. The molecule has 96 valence electrons. The maximum absolute atomic E-state index is 12.0. The van der Waals surface area contributed by atoms with Crippen LogP contribution in [0, 0.1) is 5.41 Å². The fourth-order valence-corrected chi connectivity index (χ4v) is 3.19. The molecule has 0 heterocycles. The van der Waals surface area contributed by atoms with Gasteiger partial charge in [0.05, 0.1) is 12.2 Å². The van der Waals surface area contributed by atoms with Crippen molar-refractivity contribution in [2.24, 2.45) is 16.9 Å². The molecule has 0 amide bonds. The predicted octanol–water partition coefficient (Wildman–Crippen LogP) is -0.174. The monoisotopic (exact) mass is 252 g/mol. The highest BCUT2D eigenvalue weighted by Crippen LogP contribution is 2.45. The van der Waals surface area contributed by atoms with Crippen molar-refractivity contribution < 1.29 is 19.1 Å². The molecular weight excluding hydrogens is 231 g/mol. The summed E-state index contributed by atoms with van der Waals surface area (Å²) in [5, 5.41) is 0. The summed E-state index contributed by atoms with van der Waals surface area (Å²) in [6, 6.07) is -0.855. The first-order valence-corrected chi connectivity index (χ1v) is 7.06. The maximum atomic E-state index is 12.0. The zero-order valence-corrected chi connectivity index (χ0v) is 10.6. The van der Waals surface area contributed by atoms with Crippen molar-refractivity contribution in [2.45, 2.75) is 32.7 Å². The van der Waals surface area contributed by atoms with E-state index in [0.717, 1.165) is 0 Å². The second-order valence-corrected chi connectivity index (χ2v) is 5.66. The minimum atomic E-state index is -4.24. The molecule has 0 saturated carbocycles. The molecule has 0 aliphatic carbocycles. The quantitative estimate of drug-likeness (QED) is 0.466. The van der Waals surface area contributed by atoms with E-state index in [1.165, 1.54) is 0 Å². The molecule has 0 aromatic rings. The zero-order valence-electron chi connectivity index (χ0n) is 9.72. The van der Waals surface area contributed by atoms with Gasteiger partial charge in [-0.3, -0.25) is 9.36 Å². The minimum Gasteiger partial charge on any atom is -0.328 e. The van der Waals surface area contributed by atoms with E-state index in [-0.39, 0.29) is 12.3 Å². The van der Waals surface area contributed by atoms with E-state index in [2.05, 4.69) is 0 Å². The van der Waals surface area contributed by atoms with E-state index in [1.54, 1.807) is 13.8 Å². The van der Waals surface area contributed by atoms with Crippen LogP contribution in [0.25, 0.3) is 0 Å². The van der Waals surface area contributed by atoms with Gasteiger partial charge in [0, 0.05) is 12.0 Å². The van der Waals surface area contributed by atoms with Crippen molar-refractivity contribution in [2.75, 3.05) is 12.7 Å². The molecule has 0 aliphatic rings. The Balaban J connectivity index is 5.10. The highest BCUT2D eigenvalue weighted by Gasteiger charge is 2.42. The van der Waals surface area contributed by atoms with E-state index < -0.39 is 25.2 Å². The summed E-state index contributed by atoms with van der Waals surface area (Å²) in [4.78, 5) is 30.0. The molecule has 0 aliphatic heterocycles. The molecule has 0 radical (unpaired) electrons. The normalized spacial score (nSPS) is 14.9. The third kappa shape index (κ3) is 3.96. The van der Waals surface area contributed by atoms with Crippen LogP contribution in [0.1, 0.15) is 26.7 Å². The van der Waals surface area contributed by atoms with Crippen LogP contribution < -0.4 is 11.5 Å². The molecule has 0 aromatic carbocycles. The fourth-order valence-electron chi connectivity index (χ4n) is 1.79. The Morgan fingerprint density at radius 2 is 1.81 bits per heavy atom. The molecule has 0 bridgehead atoms. The van der Waals surface area contributed by atoms with Crippen LogP contribution in [0.15, 0.2) is 0 Å². The van der Waals surface area contributed by atoms with E-state index in [4.69, 9.17) is 21.3 Å². The maximum Gasteiger partial charge on any atom is 0.326 e. The number of hydrogen-bond donors (Lipinski definition) is 4. The van der Waals surface area contributed by atoms with Crippen molar-refractivity contribution in [3.05, 3.63) is 0 Å². The second-order valence-electron chi connectivity index (χ2n) is 4.02. The van der Waals surface area contributed by atoms with E-state index in [9.17, 15) is 9.36 Å². The van der Waals surface area contributed by atoms with Gasteiger partial charge in [-0.05, 0) is 12.8 Å². The Kier molecular flexibility index (Phi) is 5.79. The molecular formula is C9H21N2O4P. The number of ketones is 1. The topological polar surface area (TPSA) is 127 Å². The van der Waals surface area contributed by atoms with Crippen LogP contribution in [0.3, 0.4) is 0 Å². The minimum absolute atomic E-state index is 0.0122. The molecule has 0 aromatic heterocycles. The largest absolute Gasteiger partial charge is 0.328 e.